The van der Waals surface area contributed by atoms with Gasteiger partial charge in [-0.3, -0.25) is 4.21 Å². The summed E-state index contributed by atoms with van der Waals surface area (Å²) in [6.07, 6.45) is 0.692. The maximum atomic E-state index is 12.7. The molecule has 0 spiro atoms. The van der Waals surface area contributed by atoms with Crippen LogP contribution in [0.4, 0.5) is 4.39 Å². The molecular weight excluding hydrogens is 311 g/mol. The zero-order valence-electron chi connectivity index (χ0n) is 11.4. The summed E-state index contributed by atoms with van der Waals surface area (Å²) in [6, 6.07) is 13.2. The second-order valence-electron chi connectivity index (χ2n) is 4.57. The first-order valence-electron chi connectivity index (χ1n) is 6.61. The molecule has 5 heteroatoms. The molecule has 0 amide bonds. The summed E-state index contributed by atoms with van der Waals surface area (Å²) in [5.74, 6) is 1.43. The van der Waals surface area contributed by atoms with Crippen LogP contribution in [0, 0.1) is 5.82 Å². The van der Waals surface area contributed by atoms with E-state index in [-0.39, 0.29) is 5.82 Å². The van der Waals surface area contributed by atoms with Crippen molar-refractivity contribution in [3.63, 3.8) is 0 Å². The normalized spacial score (nSPS) is 12.1. The van der Waals surface area contributed by atoms with Crippen molar-refractivity contribution in [1.82, 2.24) is 0 Å². The van der Waals surface area contributed by atoms with Crippen LogP contribution in [0.15, 0.2) is 48.5 Å². The van der Waals surface area contributed by atoms with Crippen LogP contribution in [0.5, 0.6) is 5.75 Å². The van der Waals surface area contributed by atoms with E-state index in [0.29, 0.717) is 35.3 Å². The molecule has 2 aromatic rings. The minimum absolute atomic E-state index is 0.286. The Morgan fingerprint density at radius 2 is 1.71 bits per heavy atom. The summed E-state index contributed by atoms with van der Waals surface area (Å²) in [5.41, 5.74) is 1.01. The van der Waals surface area contributed by atoms with E-state index in [2.05, 4.69) is 0 Å². The SMILES string of the molecule is O=S(CCCOc1ccc(F)cc1)Cc1ccc(Cl)cc1. The lowest BCUT2D eigenvalue weighted by atomic mass is 10.2. The molecule has 0 saturated carbocycles. The molecule has 112 valence electrons. The first-order valence-corrected chi connectivity index (χ1v) is 8.48. The van der Waals surface area contributed by atoms with E-state index in [1.807, 2.05) is 12.1 Å². The highest BCUT2D eigenvalue weighted by atomic mass is 35.5. The van der Waals surface area contributed by atoms with E-state index in [9.17, 15) is 8.60 Å². The van der Waals surface area contributed by atoms with Crippen LogP contribution < -0.4 is 4.74 Å². The minimum atomic E-state index is -0.922. The van der Waals surface area contributed by atoms with E-state index in [0.717, 1.165) is 5.56 Å². The molecule has 0 aliphatic rings. The second kappa shape index (κ2) is 8.15. The van der Waals surface area contributed by atoms with E-state index in [1.54, 1.807) is 24.3 Å². The number of hydrogen-bond donors (Lipinski definition) is 0. The van der Waals surface area contributed by atoms with Crippen molar-refractivity contribution in [2.45, 2.75) is 12.2 Å². The lowest BCUT2D eigenvalue weighted by Gasteiger charge is -2.06. The molecule has 1 unspecified atom stereocenters. The average molecular weight is 327 g/mol. The van der Waals surface area contributed by atoms with Gasteiger partial charge < -0.3 is 4.74 Å². The van der Waals surface area contributed by atoms with Crippen LogP contribution >= 0.6 is 11.6 Å². The maximum absolute atomic E-state index is 12.7. The van der Waals surface area contributed by atoms with Gasteiger partial charge in [0.05, 0.1) is 6.61 Å². The molecule has 2 nitrogen and oxygen atoms in total. The second-order valence-corrected chi connectivity index (χ2v) is 6.58. The molecular formula is C16H16ClFO2S. The summed E-state index contributed by atoms with van der Waals surface area (Å²) in [4.78, 5) is 0. The summed E-state index contributed by atoms with van der Waals surface area (Å²) in [5, 5.41) is 0.678. The Morgan fingerprint density at radius 3 is 2.38 bits per heavy atom. The fourth-order valence-corrected chi connectivity index (χ4v) is 3.05. The van der Waals surface area contributed by atoms with Gasteiger partial charge in [0.1, 0.15) is 11.6 Å². The van der Waals surface area contributed by atoms with Crippen molar-refractivity contribution < 1.29 is 13.3 Å². The van der Waals surface area contributed by atoms with Crippen molar-refractivity contribution in [2.24, 2.45) is 0 Å². The molecule has 2 aromatic carbocycles. The highest BCUT2D eigenvalue weighted by molar-refractivity contribution is 7.84. The quantitative estimate of drug-likeness (QED) is 0.713. The molecule has 0 bridgehead atoms. The van der Waals surface area contributed by atoms with Gasteiger partial charge in [-0.1, -0.05) is 23.7 Å². The number of hydrogen-bond acceptors (Lipinski definition) is 2. The van der Waals surface area contributed by atoms with Gasteiger partial charge >= 0.3 is 0 Å². The van der Waals surface area contributed by atoms with Crippen LogP contribution in [0.2, 0.25) is 5.02 Å². The lowest BCUT2D eigenvalue weighted by molar-refractivity contribution is 0.318. The van der Waals surface area contributed by atoms with E-state index >= 15 is 0 Å². The van der Waals surface area contributed by atoms with Gasteiger partial charge in [0.15, 0.2) is 0 Å². The van der Waals surface area contributed by atoms with Gasteiger partial charge in [-0.05, 0) is 48.4 Å². The number of benzene rings is 2. The van der Waals surface area contributed by atoms with E-state index < -0.39 is 10.8 Å². The van der Waals surface area contributed by atoms with Gasteiger partial charge in [-0.15, -0.1) is 0 Å². The van der Waals surface area contributed by atoms with Gasteiger partial charge in [0.2, 0.25) is 0 Å². The smallest absolute Gasteiger partial charge is 0.123 e. The largest absolute Gasteiger partial charge is 0.494 e. The van der Waals surface area contributed by atoms with Gasteiger partial charge in [-0.25, -0.2) is 4.39 Å². The molecule has 0 aliphatic carbocycles. The summed E-state index contributed by atoms with van der Waals surface area (Å²) < 4.78 is 30.1. The molecule has 0 N–H and O–H groups in total. The highest BCUT2D eigenvalue weighted by Gasteiger charge is 2.03. The van der Waals surface area contributed by atoms with Crippen LogP contribution in [-0.4, -0.2) is 16.6 Å². The zero-order valence-corrected chi connectivity index (χ0v) is 13.0. The first kappa shape index (κ1) is 16.0. The zero-order chi connectivity index (χ0) is 15.1. The van der Waals surface area contributed by atoms with Crippen LogP contribution in [-0.2, 0) is 16.6 Å². The Morgan fingerprint density at radius 1 is 1.05 bits per heavy atom. The molecule has 1 atom stereocenters. The third-order valence-corrected chi connectivity index (χ3v) is 4.49. The van der Waals surface area contributed by atoms with Gasteiger partial charge in [0, 0.05) is 27.3 Å². The summed E-state index contributed by atoms with van der Waals surface area (Å²) >= 11 is 5.80. The van der Waals surface area contributed by atoms with Crippen molar-refractivity contribution in [3.05, 3.63) is 64.9 Å². The predicted molar refractivity (Wildman–Crippen MR) is 84.7 cm³/mol. The predicted octanol–water partition coefficient (Wildman–Crippen LogP) is 4.20. The van der Waals surface area contributed by atoms with Crippen molar-refractivity contribution in [2.75, 3.05) is 12.4 Å². The van der Waals surface area contributed by atoms with Gasteiger partial charge in [0.25, 0.3) is 0 Å². The van der Waals surface area contributed by atoms with Gasteiger partial charge in [-0.2, -0.15) is 0 Å². The fraction of sp³-hybridized carbons (Fsp3) is 0.250. The Balaban J connectivity index is 1.67. The molecule has 0 fully saturated rings. The third-order valence-electron chi connectivity index (χ3n) is 2.84. The Kier molecular flexibility index (Phi) is 6.21. The van der Waals surface area contributed by atoms with Crippen LogP contribution in [0.3, 0.4) is 0 Å². The Hall–Kier alpha value is -1.39. The Bertz CT molecular complexity index is 584. The van der Waals surface area contributed by atoms with Crippen molar-refractivity contribution in [1.29, 1.82) is 0 Å². The molecule has 0 saturated heterocycles. The first-order chi connectivity index (χ1) is 10.1. The minimum Gasteiger partial charge on any atom is -0.494 e. The number of ether oxygens (including phenoxy) is 1. The average Bonchev–Trinajstić information content (AvgIpc) is 2.48. The van der Waals surface area contributed by atoms with E-state index in [1.165, 1.54) is 12.1 Å². The van der Waals surface area contributed by atoms with E-state index in [4.69, 9.17) is 16.3 Å². The molecule has 0 aromatic heterocycles. The topological polar surface area (TPSA) is 26.3 Å². The molecule has 0 heterocycles. The molecule has 2 rings (SSSR count). The monoisotopic (exact) mass is 326 g/mol. The van der Waals surface area contributed by atoms with Crippen molar-refractivity contribution >= 4 is 22.4 Å². The standard InChI is InChI=1S/C16H16ClFO2S/c17-14-4-2-13(3-5-14)12-21(19)11-1-10-20-16-8-6-15(18)7-9-16/h2-9H,1,10-12H2. The molecule has 0 radical (unpaired) electrons. The highest BCUT2D eigenvalue weighted by Crippen LogP contribution is 2.13. The fourth-order valence-electron chi connectivity index (χ4n) is 1.78. The summed E-state index contributed by atoms with van der Waals surface area (Å²) in [6.45, 7) is 0.470. The molecule has 21 heavy (non-hydrogen) atoms. The Labute approximate surface area is 131 Å². The summed E-state index contributed by atoms with van der Waals surface area (Å²) in [7, 11) is -0.922. The lowest BCUT2D eigenvalue weighted by Crippen LogP contribution is -2.06. The van der Waals surface area contributed by atoms with Crippen LogP contribution in [0.25, 0.3) is 0 Å². The third kappa shape index (κ3) is 5.86. The number of halogens is 2. The maximum Gasteiger partial charge on any atom is 0.123 e. The molecule has 0 aliphatic heterocycles. The van der Waals surface area contributed by atoms with Crippen molar-refractivity contribution in [3.8, 4) is 5.75 Å². The number of rotatable bonds is 7. The van der Waals surface area contributed by atoms with Crippen LogP contribution in [0.1, 0.15) is 12.0 Å².